The number of rotatable bonds is 0. The first kappa shape index (κ1) is 42.9. The summed E-state index contributed by atoms with van der Waals surface area (Å²) in [5, 5.41) is 0. The molecule has 0 bridgehead atoms. The summed E-state index contributed by atoms with van der Waals surface area (Å²) in [7, 11) is 0. The van der Waals surface area contributed by atoms with Gasteiger partial charge in [0.2, 0.25) is 0 Å². The summed E-state index contributed by atoms with van der Waals surface area (Å²) in [6.45, 7) is 0. The summed E-state index contributed by atoms with van der Waals surface area (Å²) in [6.07, 6.45) is 0. The average molecular weight is 175 g/mol. The summed E-state index contributed by atoms with van der Waals surface area (Å²) in [6, 6.07) is 0. The monoisotopic (exact) mass is 174 g/mol. The van der Waals surface area contributed by atoms with Crippen LogP contribution in [0.2, 0.25) is 0 Å². The van der Waals surface area contributed by atoms with Crippen LogP contribution in [0.25, 0.3) is 0 Å². The van der Waals surface area contributed by atoms with E-state index < -0.39 is 0 Å². The van der Waals surface area contributed by atoms with Crippen LogP contribution in [0.3, 0.4) is 0 Å². The molecule has 0 spiro atoms. The van der Waals surface area contributed by atoms with Gasteiger partial charge in [0.25, 0.3) is 0 Å². The summed E-state index contributed by atoms with van der Waals surface area (Å²) in [5.41, 5.74) is 0. The Balaban J connectivity index is 0. The number of hydrogen-bond donors (Lipinski definition) is 0. The van der Waals surface area contributed by atoms with Gasteiger partial charge in [0.05, 0.1) is 0 Å². The molecule has 0 amide bonds. The van der Waals surface area contributed by atoms with Gasteiger partial charge in [0.15, 0.2) is 0 Å². The molecular weight excluding hydrogens is 167 g/mol. The topological polar surface area (TPSA) is 31.5 Å². The van der Waals surface area contributed by atoms with Crippen LogP contribution in [0.5, 0.6) is 0 Å². The quantitative estimate of drug-likeness (QED) is 0.388. The normalized spacial score (nSPS) is 0. The number of halogens is 2. The molecule has 5 heavy (non-hydrogen) atoms. The first-order valence-electron chi connectivity index (χ1n) is 0. The second-order valence-electron chi connectivity index (χ2n) is 0. The predicted molar refractivity (Wildman–Crippen MR) is 35.2 cm³/mol. The standard InChI is InChI=1S/2Ca.2ClH.H2O.4H/h;;2*1H;1H2;;;;. The Labute approximate surface area is 103 Å². The SMILES string of the molecule is Cl.Cl.O.[CaH2].[CaH2]. The molecule has 0 aromatic rings. The Morgan fingerprint density at radius 3 is 0.600 bits per heavy atom. The van der Waals surface area contributed by atoms with Crippen molar-refractivity contribution < 1.29 is 5.48 Å². The fourth-order valence-electron chi connectivity index (χ4n) is 0. The van der Waals surface area contributed by atoms with Crippen LogP contribution in [-0.4, -0.2) is 81.0 Å². The van der Waals surface area contributed by atoms with E-state index in [4.69, 9.17) is 0 Å². The van der Waals surface area contributed by atoms with E-state index in [1.165, 1.54) is 0 Å². The molecule has 0 aliphatic heterocycles. The van der Waals surface area contributed by atoms with Crippen LogP contribution in [0.1, 0.15) is 0 Å². The summed E-state index contributed by atoms with van der Waals surface area (Å²) in [5.74, 6) is 0. The summed E-state index contributed by atoms with van der Waals surface area (Å²) < 4.78 is 0. The molecule has 0 aromatic heterocycles. The Hall–Kier alpha value is 3.06. The van der Waals surface area contributed by atoms with E-state index >= 15 is 0 Å². The molecule has 0 rings (SSSR count). The van der Waals surface area contributed by atoms with Crippen molar-refractivity contribution in [1.29, 1.82) is 0 Å². The molecular formula is H8Ca2Cl2O. The zero-order valence-corrected chi connectivity index (χ0v) is 2.95. The molecule has 0 unspecified atom stereocenters. The second-order valence-corrected chi connectivity index (χ2v) is 0. The molecule has 0 aliphatic carbocycles. The predicted octanol–water partition coefficient (Wildman–Crippen LogP) is -1.81. The molecule has 0 fully saturated rings. The van der Waals surface area contributed by atoms with Gasteiger partial charge in [-0.1, -0.05) is 0 Å². The first-order chi connectivity index (χ1) is 0. The van der Waals surface area contributed by atoms with Gasteiger partial charge >= 0.3 is 75.5 Å². The van der Waals surface area contributed by atoms with Gasteiger partial charge < -0.3 is 5.48 Å². The van der Waals surface area contributed by atoms with E-state index in [2.05, 4.69) is 0 Å². The Kier molecular flexibility index (Phi) is 238. The van der Waals surface area contributed by atoms with Crippen LogP contribution in [0.15, 0.2) is 0 Å². The fourth-order valence-corrected chi connectivity index (χ4v) is 0. The fraction of sp³-hybridized carbons (Fsp3) is 0. The molecule has 0 heterocycles. The van der Waals surface area contributed by atoms with Gasteiger partial charge in [-0.2, -0.15) is 0 Å². The van der Waals surface area contributed by atoms with E-state index in [0.29, 0.717) is 0 Å². The minimum atomic E-state index is 0. The van der Waals surface area contributed by atoms with Crippen molar-refractivity contribution in [2.45, 2.75) is 0 Å². The molecule has 0 atom stereocenters. The third-order valence-electron chi connectivity index (χ3n) is 0. The zero-order chi connectivity index (χ0) is 0. The Morgan fingerprint density at radius 2 is 0.600 bits per heavy atom. The van der Waals surface area contributed by atoms with E-state index in [1.54, 1.807) is 0 Å². The van der Waals surface area contributed by atoms with Crippen molar-refractivity contribution in [2.24, 2.45) is 0 Å². The van der Waals surface area contributed by atoms with Crippen molar-refractivity contribution >= 4 is 100 Å². The van der Waals surface area contributed by atoms with Crippen molar-refractivity contribution in [2.75, 3.05) is 0 Å². The van der Waals surface area contributed by atoms with Gasteiger partial charge in [-0.05, 0) is 0 Å². The zero-order valence-electron chi connectivity index (χ0n) is 1.32. The van der Waals surface area contributed by atoms with E-state index in [0.717, 1.165) is 0 Å². The second kappa shape index (κ2) is 27.7. The maximum absolute atomic E-state index is 0. The van der Waals surface area contributed by atoms with Crippen LogP contribution in [0.4, 0.5) is 0 Å². The van der Waals surface area contributed by atoms with Crippen molar-refractivity contribution in [3.05, 3.63) is 0 Å². The molecule has 0 saturated carbocycles. The molecule has 5 heteroatoms. The third-order valence-corrected chi connectivity index (χ3v) is 0. The number of hydrogen-bond acceptors (Lipinski definition) is 0. The molecule has 2 N–H and O–H groups in total. The third kappa shape index (κ3) is 19.3. The van der Waals surface area contributed by atoms with E-state index in [9.17, 15) is 0 Å². The average Bonchev–Trinajstić information content (AvgIpc) is 0. The van der Waals surface area contributed by atoms with E-state index in [-0.39, 0.29) is 106 Å². The molecule has 0 radical (unpaired) electrons. The van der Waals surface area contributed by atoms with Gasteiger partial charge in [-0.25, -0.2) is 0 Å². The molecule has 1 nitrogen and oxygen atoms in total. The molecule has 0 aliphatic rings. The first-order valence-corrected chi connectivity index (χ1v) is 0. The Morgan fingerprint density at radius 1 is 0.600 bits per heavy atom. The maximum atomic E-state index is 0. The van der Waals surface area contributed by atoms with Crippen molar-refractivity contribution in [3.8, 4) is 0 Å². The van der Waals surface area contributed by atoms with Crippen molar-refractivity contribution in [1.82, 2.24) is 0 Å². The van der Waals surface area contributed by atoms with Crippen LogP contribution in [0, 0.1) is 0 Å². The van der Waals surface area contributed by atoms with Gasteiger partial charge in [-0.15, -0.1) is 24.8 Å². The van der Waals surface area contributed by atoms with Gasteiger partial charge in [0.1, 0.15) is 0 Å². The summed E-state index contributed by atoms with van der Waals surface area (Å²) >= 11 is 0. The molecule has 0 saturated heterocycles. The molecule has 0 aromatic carbocycles. The molecule has 32 valence electrons. The van der Waals surface area contributed by atoms with Gasteiger partial charge in [-0.3, -0.25) is 0 Å². The van der Waals surface area contributed by atoms with E-state index in [1.807, 2.05) is 0 Å². The van der Waals surface area contributed by atoms with Crippen LogP contribution < -0.4 is 0 Å². The minimum absolute atomic E-state index is 0. The Bertz CT molecular complexity index is 7.61. The summed E-state index contributed by atoms with van der Waals surface area (Å²) in [4.78, 5) is 0. The van der Waals surface area contributed by atoms with Crippen molar-refractivity contribution in [3.63, 3.8) is 0 Å². The van der Waals surface area contributed by atoms with Crippen LogP contribution in [-0.2, 0) is 0 Å². The van der Waals surface area contributed by atoms with Gasteiger partial charge in [0, 0.05) is 0 Å². The van der Waals surface area contributed by atoms with Crippen LogP contribution >= 0.6 is 24.8 Å².